The smallest absolute Gasteiger partial charge is 0.134 e. The Morgan fingerprint density at radius 2 is 1.71 bits per heavy atom. The van der Waals surface area contributed by atoms with Crippen LogP contribution in [0.1, 0.15) is 77.7 Å². The van der Waals surface area contributed by atoms with Crippen molar-refractivity contribution in [3.05, 3.63) is 17.6 Å². The highest BCUT2D eigenvalue weighted by atomic mass is 15.0. The third kappa shape index (κ3) is 3.96. The second kappa shape index (κ2) is 6.33. The van der Waals surface area contributed by atoms with Crippen molar-refractivity contribution in [2.45, 2.75) is 71.6 Å². The molecule has 0 bridgehead atoms. The summed E-state index contributed by atoms with van der Waals surface area (Å²) in [7, 11) is 1.94. The molecule has 0 aliphatic heterocycles. The Morgan fingerprint density at radius 1 is 1.10 bits per heavy atom. The van der Waals surface area contributed by atoms with Gasteiger partial charge in [0.15, 0.2) is 0 Å². The summed E-state index contributed by atoms with van der Waals surface area (Å²) in [6.07, 6.45) is 5.11. The first kappa shape index (κ1) is 16.3. The van der Waals surface area contributed by atoms with E-state index in [1.165, 1.54) is 25.7 Å². The fourth-order valence-corrected chi connectivity index (χ4v) is 3.20. The van der Waals surface area contributed by atoms with Crippen LogP contribution in [0.15, 0.2) is 6.07 Å². The maximum Gasteiger partial charge on any atom is 0.134 e. The summed E-state index contributed by atoms with van der Waals surface area (Å²) in [6.45, 7) is 11.3. The maximum atomic E-state index is 4.90. The summed E-state index contributed by atoms with van der Waals surface area (Å²) in [4.78, 5) is 9.63. The lowest BCUT2D eigenvalue weighted by Gasteiger charge is -2.31. The summed E-state index contributed by atoms with van der Waals surface area (Å²) in [5, 5.41) is 3.19. The number of nitrogens with one attached hydrogen (secondary N) is 1. The first-order valence-corrected chi connectivity index (χ1v) is 8.38. The van der Waals surface area contributed by atoms with Crippen LogP contribution in [0.4, 0.5) is 5.82 Å². The van der Waals surface area contributed by atoms with Gasteiger partial charge in [0.05, 0.1) is 5.69 Å². The van der Waals surface area contributed by atoms with Crippen molar-refractivity contribution >= 4 is 5.82 Å². The van der Waals surface area contributed by atoms with Gasteiger partial charge in [-0.25, -0.2) is 9.97 Å². The largest absolute Gasteiger partial charge is 0.373 e. The van der Waals surface area contributed by atoms with Gasteiger partial charge in [0.2, 0.25) is 0 Å². The molecule has 1 heterocycles. The highest BCUT2D eigenvalue weighted by Gasteiger charge is 2.27. The second-order valence-electron chi connectivity index (χ2n) is 7.85. The molecule has 1 aliphatic rings. The number of hydrogen-bond donors (Lipinski definition) is 1. The van der Waals surface area contributed by atoms with Gasteiger partial charge in [-0.3, -0.25) is 0 Å². The molecular weight excluding hydrogens is 258 g/mol. The fraction of sp³-hybridized carbons (Fsp3) is 0.778. The van der Waals surface area contributed by atoms with Crippen LogP contribution >= 0.6 is 0 Å². The Kier molecular flexibility index (Phi) is 4.90. The van der Waals surface area contributed by atoms with E-state index in [1.807, 2.05) is 7.05 Å². The summed E-state index contributed by atoms with van der Waals surface area (Å²) in [5.41, 5.74) is 1.21. The SMILES string of the molecule is CNc1cc(C(C)(C)C)nc(C2CCC(C(C)C)CC2)n1. The molecule has 1 aromatic rings. The van der Waals surface area contributed by atoms with E-state index in [1.54, 1.807) is 0 Å². The van der Waals surface area contributed by atoms with Crippen LogP contribution in [-0.4, -0.2) is 17.0 Å². The fourth-order valence-electron chi connectivity index (χ4n) is 3.20. The lowest BCUT2D eigenvalue weighted by Crippen LogP contribution is -2.21. The van der Waals surface area contributed by atoms with E-state index in [9.17, 15) is 0 Å². The van der Waals surface area contributed by atoms with E-state index in [4.69, 9.17) is 9.97 Å². The van der Waals surface area contributed by atoms with Crippen LogP contribution < -0.4 is 5.32 Å². The maximum absolute atomic E-state index is 4.90. The molecule has 2 rings (SSSR count). The molecule has 0 spiro atoms. The molecule has 1 saturated carbocycles. The molecule has 1 fully saturated rings. The molecule has 118 valence electrons. The van der Waals surface area contributed by atoms with Gasteiger partial charge in [0.25, 0.3) is 0 Å². The molecule has 0 amide bonds. The lowest BCUT2D eigenvalue weighted by atomic mass is 9.76. The van der Waals surface area contributed by atoms with Crippen molar-refractivity contribution in [2.24, 2.45) is 11.8 Å². The van der Waals surface area contributed by atoms with Crippen molar-refractivity contribution in [3.8, 4) is 0 Å². The topological polar surface area (TPSA) is 37.8 Å². The molecule has 0 radical (unpaired) electrons. The van der Waals surface area contributed by atoms with E-state index in [2.05, 4.69) is 46.0 Å². The molecule has 3 nitrogen and oxygen atoms in total. The molecule has 0 unspecified atom stereocenters. The van der Waals surface area contributed by atoms with E-state index >= 15 is 0 Å². The summed E-state index contributed by atoms with van der Waals surface area (Å²) in [5.74, 6) is 4.23. The summed E-state index contributed by atoms with van der Waals surface area (Å²) in [6, 6.07) is 2.09. The van der Waals surface area contributed by atoms with E-state index < -0.39 is 0 Å². The van der Waals surface area contributed by atoms with Gasteiger partial charge < -0.3 is 5.32 Å². The van der Waals surface area contributed by atoms with Crippen LogP contribution in [0.25, 0.3) is 0 Å². The Hall–Kier alpha value is -1.12. The number of aromatic nitrogens is 2. The van der Waals surface area contributed by atoms with E-state index in [-0.39, 0.29) is 5.41 Å². The monoisotopic (exact) mass is 289 g/mol. The van der Waals surface area contributed by atoms with Crippen molar-refractivity contribution in [1.82, 2.24) is 9.97 Å². The zero-order valence-corrected chi connectivity index (χ0v) is 14.5. The number of rotatable bonds is 3. The van der Waals surface area contributed by atoms with Crippen LogP contribution in [0.5, 0.6) is 0 Å². The van der Waals surface area contributed by atoms with Gasteiger partial charge in [-0.15, -0.1) is 0 Å². The summed E-state index contributed by atoms with van der Waals surface area (Å²) >= 11 is 0. The standard InChI is InChI=1S/C18H31N3/c1-12(2)13-7-9-14(10-8-13)17-20-15(18(3,4)5)11-16(19-6)21-17/h11-14H,7-10H2,1-6H3,(H,19,20,21). The van der Waals surface area contributed by atoms with Crippen molar-refractivity contribution in [1.29, 1.82) is 0 Å². The minimum absolute atomic E-state index is 0.0679. The zero-order valence-electron chi connectivity index (χ0n) is 14.5. The van der Waals surface area contributed by atoms with Crippen LogP contribution in [0.2, 0.25) is 0 Å². The van der Waals surface area contributed by atoms with Crippen LogP contribution in [0.3, 0.4) is 0 Å². The molecular formula is C18H31N3. The van der Waals surface area contributed by atoms with E-state index in [0.29, 0.717) is 5.92 Å². The molecule has 0 saturated heterocycles. The predicted octanol–water partition coefficient (Wildman–Crippen LogP) is 4.75. The second-order valence-corrected chi connectivity index (χ2v) is 7.85. The molecule has 0 atom stereocenters. The zero-order chi connectivity index (χ0) is 15.6. The third-order valence-electron chi connectivity index (χ3n) is 4.85. The summed E-state index contributed by atoms with van der Waals surface area (Å²) < 4.78 is 0. The van der Waals surface area contributed by atoms with Gasteiger partial charge in [-0.1, -0.05) is 34.6 Å². The first-order chi connectivity index (χ1) is 9.81. The Morgan fingerprint density at radius 3 is 2.19 bits per heavy atom. The Bertz CT molecular complexity index is 466. The molecule has 1 N–H and O–H groups in total. The number of nitrogens with zero attached hydrogens (tertiary/aromatic N) is 2. The minimum Gasteiger partial charge on any atom is -0.373 e. The Balaban J connectivity index is 2.20. The van der Waals surface area contributed by atoms with Gasteiger partial charge in [-0.2, -0.15) is 0 Å². The molecule has 3 heteroatoms. The quantitative estimate of drug-likeness (QED) is 0.873. The average Bonchev–Trinajstić information content (AvgIpc) is 2.46. The molecule has 1 aromatic heterocycles. The molecule has 1 aliphatic carbocycles. The first-order valence-electron chi connectivity index (χ1n) is 8.38. The normalized spacial score (nSPS) is 23.4. The average molecular weight is 289 g/mol. The highest BCUT2D eigenvalue weighted by molar-refractivity contribution is 5.37. The van der Waals surface area contributed by atoms with Crippen molar-refractivity contribution in [2.75, 3.05) is 12.4 Å². The highest BCUT2D eigenvalue weighted by Crippen LogP contribution is 2.38. The van der Waals surface area contributed by atoms with Gasteiger partial charge >= 0.3 is 0 Å². The number of anilines is 1. The van der Waals surface area contributed by atoms with Crippen LogP contribution in [0, 0.1) is 11.8 Å². The van der Waals surface area contributed by atoms with Crippen molar-refractivity contribution < 1.29 is 0 Å². The Labute approximate surface area is 130 Å². The number of hydrogen-bond acceptors (Lipinski definition) is 3. The third-order valence-corrected chi connectivity index (χ3v) is 4.85. The van der Waals surface area contributed by atoms with Gasteiger partial charge in [0.1, 0.15) is 11.6 Å². The van der Waals surface area contributed by atoms with Crippen molar-refractivity contribution in [3.63, 3.8) is 0 Å². The van der Waals surface area contributed by atoms with Gasteiger partial charge in [0, 0.05) is 24.4 Å². The predicted molar refractivity (Wildman–Crippen MR) is 89.8 cm³/mol. The molecule has 0 aromatic carbocycles. The lowest BCUT2D eigenvalue weighted by molar-refractivity contribution is 0.254. The van der Waals surface area contributed by atoms with Crippen LogP contribution in [-0.2, 0) is 5.41 Å². The van der Waals surface area contributed by atoms with E-state index in [0.717, 1.165) is 29.2 Å². The molecule has 21 heavy (non-hydrogen) atoms. The minimum atomic E-state index is 0.0679. The van der Waals surface area contributed by atoms with Gasteiger partial charge in [-0.05, 0) is 37.5 Å².